The normalized spacial score (nSPS) is 15.7. The average molecular weight is 296 g/mol. The van der Waals surface area contributed by atoms with Gasteiger partial charge in [-0.25, -0.2) is 4.98 Å². The van der Waals surface area contributed by atoms with Gasteiger partial charge >= 0.3 is 0 Å². The molecule has 0 bridgehead atoms. The van der Waals surface area contributed by atoms with Gasteiger partial charge in [-0.2, -0.15) is 4.98 Å². The van der Waals surface area contributed by atoms with Crippen molar-refractivity contribution in [3.05, 3.63) is 42.5 Å². The number of aromatic nitrogens is 3. The fourth-order valence-electron chi connectivity index (χ4n) is 3.09. The van der Waals surface area contributed by atoms with Crippen molar-refractivity contribution in [3.63, 3.8) is 0 Å². The van der Waals surface area contributed by atoms with Crippen molar-refractivity contribution in [2.45, 2.75) is 26.3 Å². The van der Waals surface area contributed by atoms with E-state index < -0.39 is 0 Å². The van der Waals surface area contributed by atoms with Crippen molar-refractivity contribution in [3.8, 4) is 0 Å². The van der Waals surface area contributed by atoms with E-state index in [1.165, 1.54) is 5.82 Å². The minimum absolute atomic E-state index is 0.461. The van der Waals surface area contributed by atoms with Crippen LogP contribution in [-0.4, -0.2) is 27.6 Å². The van der Waals surface area contributed by atoms with Crippen LogP contribution in [0.1, 0.15) is 25.6 Å². The molecule has 0 atom stereocenters. The molecule has 0 aliphatic carbocycles. The number of fused-ring (bicyclic) bond motifs is 1. The molecule has 114 valence electrons. The first-order valence-electron chi connectivity index (χ1n) is 7.82. The predicted molar refractivity (Wildman–Crippen MR) is 86.0 cm³/mol. The SMILES string of the molecule is CC(C)c1nccn1CC1CN(c2nc3ccccc3o2)C1. The summed E-state index contributed by atoms with van der Waals surface area (Å²) < 4.78 is 8.09. The molecule has 1 aromatic carbocycles. The molecule has 2 aromatic heterocycles. The lowest BCUT2D eigenvalue weighted by molar-refractivity contribution is 0.332. The van der Waals surface area contributed by atoms with Crippen molar-refractivity contribution in [2.75, 3.05) is 18.0 Å². The molecule has 1 fully saturated rings. The molecule has 0 radical (unpaired) electrons. The van der Waals surface area contributed by atoms with Crippen molar-refractivity contribution in [1.82, 2.24) is 14.5 Å². The fraction of sp³-hybridized carbons (Fsp3) is 0.412. The molecule has 4 rings (SSSR count). The zero-order chi connectivity index (χ0) is 15.1. The van der Waals surface area contributed by atoms with Crippen LogP contribution in [0.25, 0.3) is 11.1 Å². The second-order valence-corrected chi connectivity index (χ2v) is 6.33. The summed E-state index contributed by atoms with van der Waals surface area (Å²) in [6.07, 6.45) is 3.98. The molecule has 5 nitrogen and oxygen atoms in total. The minimum Gasteiger partial charge on any atom is -0.423 e. The van der Waals surface area contributed by atoms with Crippen molar-refractivity contribution < 1.29 is 4.42 Å². The van der Waals surface area contributed by atoms with Gasteiger partial charge in [-0.05, 0) is 12.1 Å². The fourth-order valence-corrected chi connectivity index (χ4v) is 3.09. The Morgan fingerprint density at radius 2 is 2.09 bits per heavy atom. The Hall–Kier alpha value is -2.30. The highest BCUT2D eigenvalue weighted by Crippen LogP contribution is 2.28. The molecule has 0 amide bonds. The molecule has 5 heteroatoms. The van der Waals surface area contributed by atoms with Crippen LogP contribution in [0, 0.1) is 5.92 Å². The monoisotopic (exact) mass is 296 g/mol. The van der Waals surface area contributed by atoms with Gasteiger partial charge in [0.2, 0.25) is 0 Å². The van der Waals surface area contributed by atoms with E-state index in [1.54, 1.807) is 0 Å². The van der Waals surface area contributed by atoms with Gasteiger partial charge in [0.05, 0.1) is 0 Å². The van der Waals surface area contributed by atoms with Crippen LogP contribution in [0.4, 0.5) is 6.01 Å². The van der Waals surface area contributed by atoms with Crippen LogP contribution in [0.2, 0.25) is 0 Å². The van der Waals surface area contributed by atoms with E-state index in [4.69, 9.17) is 4.42 Å². The number of anilines is 1. The number of rotatable bonds is 4. The highest BCUT2D eigenvalue weighted by molar-refractivity contribution is 5.74. The van der Waals surface area contributed by atoms with Crippen LogP contribution in [0.15, 0.2) is 41.1 Å². The third-order valence-electron chi connectivity index (χ3n) is 4.23. The molecule has 3 heterocycles. The van der Waals surface area contributed by atoms with E-state index in [-0.39, 0.29) is 0 Å². The van der Waals surface area contributed by atoms with Crippen molar-refractivity contribution >= 4 is 17.1 Å². The maximum absolute atomic E-state index is 5.81. The molecule has 0 N–H and O–H groups in total. The number of hydrogen-bond donors (Lipinski definition) is 0. The topological polar surface area (TPSA) is 47.1 Å². The molecule has 1 saturated heterocycles. The largest absolute Gasteiger partial charge is 0.423 e. The van der Waals surface area contributed by atoms with E-state index >= 15 is 0 Å². The van der Waals surface area contributed by atoms with E-state index in [0.29, 0.717) is 11.8 Å². The minimum atomic E-state index is 0.461. The van der Waals surface area contributed by atoms with Crippen LogP contribution >= 0.6 is 0 Å². The molecular formula is C17H20N4O. The van der Waals surface area contributed by atoms with Crippen LogP contribution in [0.5, 0.6) is 0 Å². The zero-order valence-electron chi connectivity index (χ0n) is 12.9. The molecule has 0 unspecified atom stereocenters. The van der Waals surface area contributed by atoms with Gasteiger partial charge in [0.1, 0.15) is 11.3 Å². The van der Waals surface area contributed by atoms with Gasteiger partial charge < -0.3 is 13.9 Å². The Kier molecular flexibility index (Phi) is 3.13. The molecule has 0 spiro atoms. The Bertz CT molecular complexity index is 750. The van der Waals surface area contributed by atoms with Gasteiger partial charge in [-0.15, -0.1) is 0 Å². The highest BCUT2D eigenvalue weighted by atomic mass is 16.4. The molecular weight excluding hydrogens is 276 g/mol. The Balaban J connectivity index is 1.42. The van der Waals surface area contributed by atoms with E-state index in [2.05, 4.69) is 39.5 Å². The summed E-state index contributed by atoms with van der Waals surface area (Å²) in [4.78, 5) is 11.2. The number of oxazole rings is 1. The predicted octanol–water partition coefficient (Wildman–Crippen LogP) is 3.28. The lowest BCUT2D eigenvalue weighted by Crippen LogP contribution is -2.48. The summed E-state index contributed by atoms with van der Waals surface area (Å²) in [5, 5.41) is 0. The maximum Gasteiger partial charge on any atom is 0.298 e. The zero-order valence-corrected chi connectivity index (χ0v) is 12.9. The first-order valence-corrected chi connectivity index (χ1v) is 7.82. The second kappa shape index (κ2) is 5.16. The van der Waals surface area contributed by atoms with Gasteiger partial charge in [0, 0.05) is 43.9 Å². The van der Waals surface area contributed by atoms with E-state index in [9.17, 15) is 0 Å². The molecule has 1 aliphatic heterocycles. The average Bonchev–Trinajstić information content (AvgIpc) is 3.08. The van der Waals surface area contributed by atoms with Gasteiger partial charge in [0.15, 0.2) is 5.58 Å². The summed E-state index contributed by atoms with van der Waals surface area (Å²) in [5.74, 6) is 2.25. The lowest BCUT2D eigenvalue weighted by Gasteiger charge is -2.38. The smallest absolute Gasteiger partial charge is 0.298 e. The number of para-hydroxylation sites is 2. The lowest BCUT2D eigenvalue weighted by atomic mass is 10.0. The maximum atomic E-state index is 5.81. The summed E-state index contributed by atoms with van der Waals surface area (Å²) >= 11 is 0. The Morgan fingerprint density at radius 1 is 1.27 bits per heavy atom. The first-order chi connectivity index (χ1) is 10.7. The van der Waals surface area contributed by atoms with E-state index in [1.807, 2.05) is 30.5 Å². The number of hydrogen-bond acceptors (Lipinski definition) is 4. The second-order valence-electron chi connectivity index (χ2n) is 6.33. The van der Waals surface area contributed by atoms with Gasteiger partial charge in [-0.3, -0.25) is 0 Å². The molecule has 3 aromatic rings. The summed E-state index contributed by atoms with van der Waals surface area (Å²) in [6, 6.07) is 8.65. The molecule has 0 saturated carbocycles. The quantitative estimate of drug-likeness (QED) is 0.741. The third-order valence-corrected chi connectivity index (χ3v) is 4.23. The standard InChI is InChI=1S/C17H20N4O/c1-12(2)16-18-7-8-20(16)9-13-10-21(11-13)17-19-14-5-3-4-6-15(14)22-17/h3-8,12-13H,9-11H2,1-2H3. The molecule has 22 heavy (non-hydrogen) atoms. The van der Waals surface area contributed by atoms with E-state index in [0.717, 1.165) is 36.7 Å². The first kappa shape index (κ1) is 13.4. The summed E-state index contributed by atoms with van der Waals surface area (Å²) in [7, 11) is 0. The van der Waals surface area contributed by atoms with Gasteiger partial charge in [0.25, 0.3) is 6.01 Å². The Labute approximate surface area is 129 Å². The van der Waals surface area contributed by atoms with Gasteiger partial charge in [-0.1, -0.05) is 26.0 Å². The number of nitrogens with zero attached hydrogens (tertiary/aromatic N) is 4. The van der Waals surface area contributed by atoms with Crippen LogP contribution in [-0.2, 0) is 6.54 Å². The van der Waals surface area contributed by atoms with Crippen molar-refractivity contribution in [1.29, 1.82) is 0 Å². The third kappa shape index (κ3) is 2.26. The molecule has 1 aliphatic rings. The Morgan fingerprint density at radius 3 is 2.86 bits per heavy atom. The summed E-state index contributed by atoms with van der Waals surface area (Å²) in [6.45, 7) is 7.36. The number of imidazole rings is 1. The highest BCUT2D eigenvalue weighted by Gasteiger charge is 2.30. The van der Waals surface area contributed by atoms with Crippen LogP contribution < -0.4 is 4.90 Å². The van der Waals surface area contributed by atoms with Crippen LogP contribution in [0.3, 0.4) is 0 Å². The summed E-state index contributed by atoms with van der Waals surface area (Å²) in [5.41, 5.74) is 1.79. The number of benzene rings is 1. The van der Waals surface area contributed by atoms with Crippen molar-refractivity contribution in [2.24, 2.45) is 5.92 Å².